The van der Waals surface area contributed by atoms with E-state index in [1.165, 1.54) is 12.7 Å². The van der Waals surface area contributed by atoms with Gasteiger partial charge in [0, 0.05) is 62.6 Å². The van der Waals surface area contributed by atoms with Gasteiger partial charge in [-0.2, -0.15) is 0 Å². The van der Waals surface area contributed by atoms with Crippen molar-refractivity contribution in [1.82, 2.24) is 14.8 Å². The van der Waals surface area contributed by atoms with E-state index in [2.05, 4.69) is 11.1 Å². The van der Waals surface area contributed by atoms with Crippen LogP contribution in [0.3, 0.4) is 0 Å². The number of rotatable bonds is 13. The largest absolute Gasteiger partial charge is 0.458 e. The van der Waals surface area contributed by atoms with E-state index in [0.29, 0.717) is 19.4 Å². The standard InChI is InChI=1S/C52H81N3O13/c1-15-39-52(10)44(55(49(60)68-52)25-19-18-20-35-23-24-53-37-22-17-16-21-36(35)37)31(4)41(56)29(2)27-51(9,62-14)46(67-48-42(57)38(54(11)12)26-30(3)63-48)32(5)43(33(6)47(59)65-39)66-40-28-50(8,61-13)45(58)34(7)64-40/h16-17,21-24,29-34,38-40,42-46,48,57-58H,15,18-20,25-28H2,1-14H3/t29-,30-,31+,32+,33-,34+,38+,39-,40?,42-,43?,44+,45-,46-,48+,50?,51-,52-/m1/s1. The van der Waals surface area contributed by atoms with Gasteiger partial charge in [0.25, 0.3) is 0 Å². The monoisotopic (exact) mass is 956 g/mol. The minimum atomic E-state index is -1.41. The maximum absolute atomic E-state index is 15.1. The molecule has 16 nitrogen and oxygen atoms in total. The first-order chi connectivity index (χ1) is 32.0. The number of esters is 1. The van der Waals surface area contributed by atoms with Crippen molar-refractivity contribution in [3.63, 3.8) is 0 Å². The molecule has 16 heteroatoms. The summed E-state index contributed by atoms with van der Waals surface area (Å²) in [4.78, 5) is 52.4. The number of pyridine rings is 1. The van der Waals surface area contributed by atoms with Gasteiger partial charge in [-0.05, 0) is 112 Å². The Balaban J connectivity index is 1.39. The molecule has 0 spiro atoms. The van der Waals surface area contributed by atoms with Crippen LogP contribution in [0.1, 0.15) is 113 Å². The highest BCUT2D eigenvalue weighted by Gasteiger charge is 2.61. The van der Waals surface area contributed by atoms with Gasteiger partial charge in [0.05, 0.1) is 53.1 Å². The lowest BCUT2D eigenvalue weighted by Gasteiger charge is -2.50. The third-order valence-corrected chi connectivity index (χ3v) is 16.0. The SMILES string of the molecule is CC[C@H]1OC(=O)[C@H](C)C(OC2CC(C)(OC)[C@H](O)[C@H](C)O2)[C@H](C)[C@@H](O[C@@H]2O[C@H](C)C[C@H](N(C)C)[C@H]2O)[C@](C)(OC)C[C@@H](C)C(=O)[C@H](C)[C@@H]2N(CCCCc3ccnc4ccccc34)C(=O)O[C@@]21C. The highest BCUT2D eigenvalue weighted by atomic mass is 16.7. The fourth-order valence-electron chi connectivity index (χ4n) is 11.8. The molecular weight excluding hydrogens is 875 g/mol. The summed E-state index contributed by atoms with van der Waals surface area (Å²) >= 11 is 0. The first-order valence-corrected chi connectivity index (χ1v) is 24.8. The first kappa shape index (κ1) is 54.0. The molecular formula is C52H81N3O13. The van der Waals surface area contributed by atoms with Crippen molar-refractivity contribution in [2.24, 2.45) is 23.7 Å². The second kappa shape index (κ2) is 22.0. The van der Waals surface area contributed by atoms with Crippen LogP contribution < -0.4 is 0 Å². The van der Waals surface area contributed by atoms with Gasteiger partial charge in [-0.1, -0.05) is 45.9 Å². The quantitative estimate of drug-likeness (QED) is 0.164. The Kier molecular flexibility index (Phi) is 17.5. The second-order valence-corrected chi connectivity index (χ2v) is 21.1. The molecule has 0 saturated carbocycles. The molecule has 4 aliphatic rings. The number of carbonyl (C=O) groups excluding carboxylic acids is 3. The van der Waals surface area contributed by atoms with Crippen LogP contribution in [0.5, 0.6) is 0 Å². The number of aromatic nitrogens is 1. The number of Topliss-reactive ketones (excluding diaryl/α,β-unsaturated/α-hetero) is 1. The molecule has 18 atom stereocenters. The van der Waals surface area contributed by atoms with E-state index >= 15 is 4.79 Å². The third-order valence-electron chi connectivity index (χ3n) is 16.0. The van der Waals surface area contributed by atoms with Crippen molar-refractivity contribution in [2.75, 3.05) is 34.9 Å². The predicted octanol–water partition coefficient (Wildman–Crippen LogP) is 6.48. The van der Waals surface area contributed by atoms with Gasteiger partial charge in [-0.25, -0.2) is 4.79 Å². The maximum atomic E-state index is 15.1. The van der Waals surface area contributed by atoms with Crippen LogP contribution in [-0.2, 0) is 53.9 Å². The van der Waals surface area contributed by atoms with E-state index in [9.17, 15) is 19.8 Å². The molecule has 1 aromatic heterocycles. The maximum Gasteiger partial charge on any atom is 0.410 e. The summed E-state index contributed by atoms with van der Waals surface area (Å²) in [6.07, 6.45) is -3.44. The molecule has 4 aliphatic heterocycles. The van der Waals surface area contributed by atoms with Crippen LogP contribution in [0.2, 0.25) is 0 Å². The Morgan fingerprint density at radius 2 is 1.57 bits per heavy atom. The molecule has 1 amide bonds. The molecule has 0 aliphatic carbocycles. The minimum Gasteiger partial charge on any atom is -0.458 e. The Morgan fingerprint density at radius 3 is 2.24 bits per heavy atom. The summed E-state index contributed by atoms with van der Waals surface area (Å²) in [6.45, 7) is 18.6. The van der Waals surface area contributed by atoms with Crippen LogP contribution in [0.4, 0.5) is 4.79 Å². The zero-order chi connectivity index (χ0) is 50.0. The highest BCUT2D eigenvalue weighted by Crippen LogP contribution is 2.45. The number of aliphatic hydroxyl groups is 2. The number of hydrogen-bond acceptors (Lipinski definition) is 15. The summed E-state index contributed by atoms with van der Waals surface area (Å²) in [7, 11) is 6.88. The number of para-hydroxylation sites is 1. The van der Waals surface area contributed by atoms with E-state index in [1.54, 1.807) is 39.7 Å². The number of aryl methyl sites for hydroxylation is 1. The second-order valence-electron chi connectivity index (χ2n) is 21.1. The number of nitrogens with zero attached hydrogens (tertiary/aromatic N) is 3. The summed E-state index contributed by atoms with van der Waals surface area (Å²) < 4.78 is 51.8. The Morgan fingerprint density at radius 1 is 0.882 bits per heavy atom. The smallest absolute Gasteiger partial charge is 0.410 e. The van der Waals surface area contributed by atoms with Gasteiger partial charge in [0.1, 0.15) is 24.1 Å². The number of unbranched alkanes of at least 4 members (excludes halogenated alkanes) is 1. The Hall–Kier alpha value is -3.32. The third kappa shape index (κ3) is 10.9. The van der Waals surface area contributed by atoms with E-state index in [4.69, 9.17) is 37.9 Å². The molecule has 1 aromatic carbocycles. The van der Waals surface area contributed by atoms with Crippen molar-refractivity contribution >= 4 is 28.7 Å². The molecule has 2 aromatic rings. The molecule has 4 fully saturated rings. The summed E-state index contributed by atoms with van der Waals surface area (Å²) in [5.74, 6) is -3.86. The van der Waals surface area contributed by atoms with Crippen molar-refractivity contribution in [3.05, 3.63) is 42.1 Å². The van der Waals surface area contributed by atoms with Gasteiger partial charge in [-0.15, -0.1) is 0 Å². The normalized spacial score (nSPS) is 41.0. The average Bonchev–Trinajstić information content (AvgIpc) is 3.57. The van der Waals surface area contributed by atoms with Crippen molar-refractivity contribution in [3.8, 4) is 0 Å². The van der Waals surface area contributed by atoms with Gasteiger partial charge in [0.15, 0.2) is 18.2 Å². The summed E-state index contributed by atoms with van der Waals surface area (Å²) in [5, 5.41) is 24.1. The number of ether oxygens (including phenoxy) is 8. The molecule has 4 saturated heterocycles. The lowest BCUT2D eigenvalue weighted by molar-refractivity contribution is -0.319. The Labute approximate surface area is 404 Å². The number of carbonyl (C=O) groups is 3. The first-order valence-electron chi connectivity index (χ1n) is 24.8. The molecule has 0 bridgehead atoms. The van der Waals surface area contributed by atoms with Gasteiger partial charge >= 0.3 is 12.1 Å². The number of hydrogen-bond donors (Lipinski definition) is 2. The van der Waals surface area contributed by atoms with Crippen molar-refractivity contribution in [1.29, 1.82) is 0 Å². The van der Waals surface area contributed by atoms with Gasteiger partial charge in [-0.3, -0.25) is 14.6 Å². The lowest BCUT2D eigenvalue weighted by Crippen LogP contribution is -2.61. The Bertz CT molecular complexity index is 2040. The molecule has 2 N–H and O–H groups in total. The van der Waals surface area contributed by atoms with Gasteiger partial charge in [0.2, 0.25) is 0 Å². The number of aliphatic hydroxyl groups excluding tert-OH is 2. The number of fused-ring (bicyclic) bond motifs is 2. The number of likely N-dealkylation sites (N-methyl/N-ethyl adjacent to an activating group) is 1. The highest BCUT2D eigenvalue weighted by molar-refractivity contribution is 5.85. The van der Waals surface area contributed by atoms with E-state index in [0.717, 1.165) is 23.7 Å². The summed E-state index contributed by atoms with van der Waals surface area (Å²) in [6, 6.07) is 8.97. The van der Waals surface area contributed by atoms with Crippen LogP contribution in [0, 0.1) is 23.7 Å². The van der Waals surface area contributed by atoms with Crippen molar-refractivity contribution in [2.45, 2.75) is 198 Å². The fraction of sp³-hybridized carbons (Fsp3) is 0.769. The van der Waals surface area contributed by atoms with Crippen LogP contribution in [0.25, 0.3) is 10.9 Å². The fourth-order valence-corrected chi connectivity index (χ4v) is 11.8. The van der Waals surface area contributed by atoms with E-state index < -0.39 is 108 Å². The lowest BCUT2D eigenvalue weighted by atomic mass is 9.73. The van der Waals surface area contributed by atoms with E-state index in [-0.39, 0.29) is 37.2 Å². The molecule has 6 rings (SSSR count). The number of benzene rings is 1. The number of ketones is 1. The zero-order valence-electron chi connectivity index (χ0n) is 43.0. The topological polar surface area (TPSA) is 185 Å². The predicted molar refractivity (Wildman–Crippen MR) is 254 cm³/mol. The molecule has 0 radical (unpaired) electrons. The average molecular weight is 956 g/mol. The molecule has 68 heavy (non-hydrogen) atoms. The zero-order valence-corrected chi connectivity index (χ0v) is 43.0. The number of methoxy groups -OCH3 is 2. The van der Waals surface area contributed by atoms with Crippen LogP contribution >= 0.6 is 0 Å². The molecule has 5 heterocycles. The summed E-state index contributed by atoms with van der Waals surface area (Å²) in [5.41, 5.74) is -1.62. The number of cyclic esters (lactones) is 1. The minimum absolute atomic E-state index is 0.126. The molecule has 3 unspecified atom stereocenters. The van der Waals surface area contributed by atoms with Crippen LogP contribution in [0.15, 0.2) is 36.5 Å². The van der Waals surface area contributed by atoms with Crippen LogP contribution in [-0.4, -0.2) is 162 Å². The number of amides is 1. The van der Waals surface area contributed by atoms with E-state index in [1.807, 2.05) is 91.0 Å². The van der Waals surface area contributed by atoms with Crippen molar-refractivity contribution < 1.29 is 62.5 Å². The van der Waals surface area contributed by atoms with Gasteiger partial charge < -0.3 is 57.9 Å². The molecule has 382 valence electrons.